The molecule has 5 nitrogen and oxygen atoms in total. The Morgan fingerprint density at radius 2 is 1.56 bits per heavy atom. The highest BCUT2D eigenvalue weighted by atomic mass is 16.2. The van der Waals surface area contributed by atoms with Gasteiger partial charge in [-0.1, -0.05) is 60.7 Å². The quantitative estimate of drug-likeness (QED) is 0.801. The van der Waals surface area contributed by atoms with Gasteiger partial charge in [0.15, 0.2) is 0 Å². The van der Waals surface area contributed by atoms with Gasteiger partial charge in [-0.05, 0) is 43.9 Å². The van der Waals surface area contributed by atoms with Crippen molar-refractivity contribution in [3.05, 3.63) is 71.8 Å². The molecule has 3 amide bonds. The zero-order valence-corrected chi connectivity index (χ0v) is 15.8. The van der Waals surface area contributed by atoms with Crippen LogP contribution >= 0.6 is 0 Å². The first-order chi connectivity index (χ1) is 13.0. The summed E-state index contributed by atoms with van der Waals surface area (Å²) < 4.78 is 0. The largest absolute Gasteiger partial charge is 0.326 e. The summed E-state index contributed by atoms with van der Waals surface area (Å²) >= 11 is 0. The van der Waals surface area contributed by atoms with E-state index in [2.05, 4.69) is 34.5 Å². The van der Waals surface area contributed by atoms with Gasteiger partial charge in [0.1, 0.15) is 5.54 Å². The molecule has 1 saturated carbocycles. The van der Waals surface area contributed by atoms with Gasteiger partial charge in [-0.15, -0.1) is 0 Å². The number of hydrogen-bond donors (Lipinski definition) is 1. The van der Waals surface area contributed by atoms with Crippen molar-refractivity contribution in [1.82, 2.24) is 15.1 Å². The Labute approximate surface area is 160 Å². The molecule has 1 saturated heterocycles. The molecule has 0 aromatic heterocycles. The van der Waals surface area contributed by atoms with Crippen molar-refractivity contribution in [2.24, 2.45) is 5.92 Å². The fourth-order valence-corrected chi connectivity index (χ4v) is 4.06. The summed E-state index contributed by atoms with van der Waals surface area (Å²) in [6.45, 7) is 2.11. The van der Waals surface area contributed by atoms with Gasteiger partial charge in [-0.3, -0.25) is 9.69 Å². The van der Waals surface area contributed by atoms with Crippen molar-refractivity contribution in [3.8, 4) is 0 Å². The standard InChI is InChI=1S/C22H25N3O2/c1-22(18-13-14-18)20(26)25(21(27)23-22)15-24(2)19(16-9-5-3-6-10-16)17-11-7-4-8-12-17/h3-12,18-19H,13-15H2,1-2H3,(H,23,27). The Morgan fingerprint density at radius 3 is 2.04 bits per heavy atom. The number of imide groups is 1. The SMILES string of the molecule is CN(CN1C(=O)NC(C)(C2CC2)C1=O)C(c1ccccc1)c1ccccc1. The van der Waals surface area contributed by atoms with Crippen molar-refractivity contribution in [1.29, 1.82) is 0 Å². The molecule has 2 fully saturated rings. The van der Waals surface area contributed by atoms with Crippen LogP contribution in [0.2, 0.25) is 0 Å². The number of urea groups is 1. The zero-order valence-electron chi connectivity index (χ0n) is 15.8. The van der Waals surface area contributed by atoms with Crippen LogP contribution in [0.4, 0.5) is 4.79 Å². The Morgan fingerprint density at radius 1 is 1.04 bits per heavy atom. The second kappa shape index (κ2) is 6.82. The maximum atomic E-state index is 13.0. The fourth-order valence-electron chi connectivity index (χ4n) is 4.06. The van der Waals surface area contributed by atoms with Crippen LogP contribution in [0.5, 0.6) is 0 Å². The lowest BCUT2D eigenvalue weighted by atomic mass is 9.96. The molecule has 1 N–H and O–H groups in total. The molecule has 1 aliphatic heterocycles. The molecule has 5 heteroatoms. The summed E-state index contributed by atoms with van der Waals surface area (Å²) in [6, 6.07) is 20.0. The topological polar surface area (TPSA) is 52.6 Å². The molecule has 2 aliphatic rings. The Bertz CT molecular complexity index is 796. The number of nitrogens with zero attached hydrogens (tertiary/aromatic N) is 2. The monoisotopic (exact) mass is 363 g/mol. The van der Waals surface area contributed by atoms with E-state index in [1.165, 1.54) is 4.90 Å². The van der Waals surface area contributed by atoms with Crippen LogP contribution in [0.25, 0.3) is 0 Å². The second-order valence-corrected chi connectivity index (χ2v) is 7.76. The third-order valence-corrected chi connectivity index (χ3v) is 5.73. The highest BCUT2D eigenvalue weighted by Gasteiger charge is 2.56. The first kappa shape index (κ1) is 17.7. The van der Waals surface area contributed by atoms with Gasteiger partial charge in [-0.2, -0.15) is 0 Å². The van der Waals surface area contributed by atoms with Gasteiger partial charge < -0.3 is 5.32 Å². The van der Waals surface area contributed by atoms with E-state index in [9.17, 15) is 9.59 Å². The molecule has 27 heavy (non-hydrogen) atoms. The highest BCUT2D eigenvalue weighted by Crippen LogP contribution is 2.42. The number of amides is 3. The summed E-state index contributed by atoms with van der Waals surface area (Å²) in [5.74, 6) is 0.157. The highest BCUT2D eigenvalue weighted by molar-refractivity contribution is 6.07. The summed E-state index contributed by atoms with van der Waals surface area (Å²) in [5.41, 5.74) is 1.51. The average molecular weight is 363 g/mol. The van der Waals surface area contributed by atoms with Crippen molar-refractivity contribution < 1.29 is 9.59 Å². The first-order valence-electron chi connectivity index (χ1n) is 9.45. The van der Waals surface area contributed by atoms with Crippen LogP contribution in [-0.2, 0) is 4.79 Å². The van der Waals surface area contributed by atoms with Crippen LogP contribution in [-0.4, -0.2) is 41.0 Å². The zero-order chi connectivity index (χ0) is 19.0. The second-order valence-electron chi connectivity index (χ2n) is 7.76. The third-order valence-electron chi connectivity index (χ3n) is 5.73. The molecule has 1 aliphatic carbocycles. The number of rotatable bonds is 6. The molecular formula is C22H25N3O2. The summed E-state index contributed by atoms with van der Waals surface area (Å²) in [7, 11) is 1.96. The van der Waals surface area contributed by atoms with Gasteiger partial charge in [0.05, 0.1) is 12.7 Å². The normalized spacial score (nSPS) is 22.6. The number of carbonyl (C=O) groups excluding carboxylic acids is 2. The van der Waals surface area contributed by atoms with Crippen LogP contribution < -0.4 is 5.32 Å². The minimum atomic E-state index is -0.743. The van der Waals surface area contributed by atoms with E-state index in [-0.39, 0.29) is 30.6 Å². The number of hydrogen-bond acceptors (Lipinski definition) is 3. The molecule has 1 heterocycles. The first-order valence-corrected chi connectivity index (χ1v) is 9.45. The number of carbonyl (C=O) groups is 2. The Balaban J connectivity index is 1.60. The van der Waals surface area contributed by atoms with Gasteiger partial charge in [0.25, 0.3) is 5.91 Å². The van der Waals surface area contributed by atoms with E-state index in [1.807, 2.05) is 50.4 Å². The van der Waals surface area contributed by atoms with Crippen LogP contribution in [0.3, 0.4) is 0 Å². The molecule has 0 spiro atoms. The van der Waals surface area contributed by atoms with Crippen molar-refractivity contribution >= 4 is 11.9 Å². The minimum absolute atomic E-state index is 0.0409. The molecule has 2 aromatic rings. The van der Waals surface area contributed by atoms with E-state index in [4.69, 9.17) is 0 Å². The van der Waals surface area contributed by atoms with Gasteiger partial charge in [0, 0.05) is 0 Å². The summed E-state index contributed by atoms with van der Waals surface area (Å²) in [5, 5.41) is 2.93. The van der Waals surface area contributed by atoms with Crippen molar-refractivity contribution in [2.75, 3.05) is 13.7 Å². The van der Waals surface area contributed by atoms with Crippen molar-refractivity contribution in [2.45, 2.75) is 31.3 Å². The van der Waals surface area contributed by atoms with E-state index in [0.29, 0.717) is 0 Å². The average Bonchev–Trinajstić information content (AvgIpc) is 3.50. The van der Waals surface area contributed by atoms with Crippen LogP contribution in [0, 0.1) is 5.92 Å². The van der Waals surface area contributed by atoms with Gasteiger partial charge in [-0.25, -0.2) is 9.69 Å². The van der Waals surface area contributed by atoms with E-state index in [1.54, 1.807) is 0 Å². The smallest absolute Gasteiger partial charge is 0.323 e. The molecular weight excluding hydrogens is 338 g/mol. The predicted octanol–water partition coefficient (Wildman–Crippen LogP) is 3.39. The van der Waals surface area contributed by atoms with E-state index in [0.717, 1.165) is 24.0 Å². The van der Waals surface area contributed by atoms with Gasteiger partial charge in [0.2, 0.25) is 0 Å². The lowest BCUT2D eigenvalue weighted by molar-refractivity contribution is -0.133. The molecule has 1 atom stereocenters. The lowest BCUT2D eigenvalue weighted by Gasteiger charge is -2.31. The Kier molecular flexibility index (Phi) is 4.48. The van der Waals surface area contributed by atoms with Gasteiger partial charge >= 0.3 is 6.03 Å². The minimum Gasteiger partial charge on any atom is -0.323 e. The third kappa shape index (κ3) is 3.23. The molecule has 0 bridgehead atoms. The maximum absolute atomic E-state index is 13.0. The van der Waals surface area contributed by atoms with E-state index >= 15 is 0 Å². The molecule has 2 aromatic carbocycles. The fraction of sp³-hybridized carbons (Fsp3) is 0.364. The van der Waals surface area contributed by atoms with Crippen LogP contribution in [0.1, 0.15) is 36.9 Å². The summed E-state index contributed by atoms with van der Waals surface area (Å²) in [4.78, 5) is 28.9. The Hall–Kier alpha value is -2.66. The predicted molar refractivity (Wildman–Crippen MR) is 104 cm³/mol. The molecule has 140 valence electrons. The number of benzene rings is 2. The lowest BCUT2D eigenvalue weighted by Crippen LogP contribution is -2.47. The molecule has 0 radical (unpaired) electrons. The van der Waals surface area contributed by atoms with Crippen LogP contribution in [0.15, 0.2) is 60.7 Å². The number of nitrogens with one attached hydrogen (secondary N) is 1. The summed E-state index contributed by atoms with van der Waals surface area (Å²) in [6.07, 6.45) is 2.01. The van der Waals surface area contributed by atoms with E-state index < -0.39 is 5.54 Å². The van der Waals surface area contributed by atoms with Crippen molar-refractivity contribution in [3.63, 3.8) is 0 Å². The maximum Gasteiger partial charge on any atom is 0.326 e. The molecule has 4 rings (SSSR count). The molecule has 1 unspecified atom stereocenters.